The molecule has 0 aromatic heterocycles. The van der Waals surface area contributed by atoms with Crippen LogP contribution in [-0.2, 0) is 4.74 Å². The van der Waals surface area contributed by atoms with Gasteiger partial charge in [0.05, 0.1) is 32.9 Å². The molecular formula is C30H32ClFN2O9. The summed E-state index contributed by atoms with van der Waals surface area (Å²) in [5, 5.41) is 26.3. The largest absolute Gasteiger partial charge is 0.507 e. The highest BCUT2D eigenvalue weighted by Crippen LogP contribution is 2.37. The van der Waals surface area contributed by atoms with E-state index in [1.54, 1.807) is 0 Å². The van der Waals surface area contributed by atoms with Gasteiger partial charge in [-0.2, -0.15) is 0 Å². The molecule has 13 heteroatoms. The molecule has 2 atom stereocenters. The van der Waals surface area contributed by atoms with Crippen molar-refractivity contribution in [1.82, 2.24) is 10.6 Å². The van der Waals surface area contributed by atoms with Crippen molar-refractivity contribution in [3.63, 3.8) is 0 Å². The molecule has 4 rings (SSSR count). The van der Waals surface area contributed by atoms with Crippen LogP contribution in [0.2, 0.25) is 0 Å². The molecule has 0 aliphatic carbocycles. The van der Waals surface area contributed by atoms with Gasteiger partial charge < -0.3 is 39.8 Å². The third kappa shape index (κ3) is 7.27. The summed E-state index contributed by atoms with van der Waals surface area (Å²) in [6.45, 7) is 0.991. The number of halogens is 2. The van der Waals surface area contributed by atoms with E-state index in [2.05, 4.69) is 10.6 Å². The number of hydrogen-bond acceptors (Lipinski definition) is 10. The predicted molar refractivity (Wildman–Crippen MR) is 156 cm³/mol. The number of phenols is 2. The maximum atomic E-state index is 14.7. The average Bonchev–Trinajstić information content (AvgIpc) is 3.21. The lowest BCUT2D eigenvalue weighted by Crippen LogP contribution is -2.49. The summed E-state index contributed by atoms with van der Waals surface area (Å²) in [6, 6.07) is 9.91. The van der Waals surface area contributed by atoms with E-state index in [0.717, 1.165) is 6.07 Å². The van der Waals surface area contributed by atoms with Crippen LogP contribution in [0.3, 0.4) is 0 Å². The summed E-state index contributed by atoms with van der Waals surface area (Å²) >= 11 is 0. The molecule has 230 valence electrons. The molecule has 0 unspecified atom stereocenters. The second-order valence-corrected chi connectivity index (χ2v) is 9.48. The molecule has 1 heterocycles. The van der Waals surface area contributed by atoms with Crippen molar-refractivity contribution in [2.45, 2.75) is 25.0 Å². The van der Waals surface area contributed by atoms with E-state index in [0.29, 0.717) is 25.9 Å². The van der Waals surface area contributed by atoms with Crippen LogP contribution in [0.4, 0.5) is 4.39 Å². The van der Waals surface area contributed by atoms with Gasteiger partial charge in [0.25, 0.3) is 5.91 Å². The van der Waals surface area contributed by atoms with Crippen LogP contribution >= 0.6 is 12.4 Å². The van der Waals surface area contributed by atoms with Crippen LogP contribution in [0.5, 0.6) is 28.7 Å². The molecule has 11 nitrogen and oxygen atoms in total. The molecule has 1 fully saturated rings. The van der Waals surface area contributed by atoms with Crippen molar-refractivity contribution >= 4 is 30.1 Å². The van der Waals surface area contributed by atoms with Crippen LogP contribution in [0, 0.1) is 5.82 Å². The number of ether oxygens (including phenoxy) is 4. The first-order chi connectivity index (χ1) is 20.2. The Morgan fingerprint density at radius 1 is 0.884 bits per heavy atom. The monoisotopic (exact) mass is 618 g/mol. The number of esters is 1. The van der Waals surface area contributed by atoms with Crippen molar-refractivity contribution in [2.75, 3.05) is 34.4 Å². The number of aromatic hydroxyl groups is 2. The normalized spacial score (nSPS) is 16.2. The molecule has 4 N–H and O–H groups in total. The Bertz CT molecular complexity index is 1460. The molecule has 1 saturated heterocycles. The lowest BCUT2D eigenvalue weighted by atomic mass is 10.00. The minimum atomic E-state index is -0.995. The minimum Gasteiger partial charge on any atom is -0.507 e. The quantitative estimate of drug-likeness (QED) is 0.207. The molecule has 0 radical (unpaired) electrons. The SMILES string of the molecule is COc1cc(C(=O)N[C@@H]2CNCCC[C@H]2OC(=O)c2ccc(C(=O)c3c(O)ccc(OC)c3F)cc2)cc(OC)c1O.Cl. The highest BCUT2D eigenvalue weighted by atomic mass is 35.5. The number of benzene rings is 3. The van der Waals surface area contributed by atoms with Gasteiger partial charge in [0, 0.05) is 17.7 Å². The molecule has 0 bridgehead atoms. The average molecular weight is 619 g/mol. The summed E-state index contributed by atoms with van der Waals surface area (Å²) < 4.78 is 35.6. The summed E-state index contributed by atoms with van der Waals surface area (Å²) in [6.07, 6.45) is 0.479. The van der Waals surface area contributed by atoms with Crippen LogP contribution in [0.1, 0.15) is 49.5 Å². The topological polar surface area (TPSA) is 153 Å². The van der Waals surface area contributed by atoms with Gasteiger partial charge in [0.2, 0.25) is 5.75 Å². The maximum absolute atomic E-state index is 14.7. The highest BCUT2D eigenvalue weighted by Gasteiger charge is 2.30. The lowest BCUT2D eigenvalue weighted by Gasteiger charge is -2.26. The Labute approximate surface area is 253 Å². The first-order valence-electron chi connectivity index (χ1n) is 13.1. The molecule has 43 heavy (non-hydrogen) atoms. The number of carbonyl (C=O) groups excluding carboxylic acids is 3. The number of rotatable bonds is 9. The lowest BCUT2D eigenvalue weighted by molar-refractivity contribution is 0.0192. The molecule has 1 aliphatic heterocycles. The minimum absolute atomic E-state index is 0. The van der Waals surface area contributed by atoms with Crippen LogP contribution in [0.25, 0.3) is 0 Å². The Hall–Kier alpha value is -4.55. The molecule has 3 aromatic rings. The Morgan fingerprint density at radius 3 is 2.09 bits per heavy atom. The van der Waals surface area contributed by atoms with E-state index >= 15 is 0 Å². The summed E-state index contributed by atoms with van der Waals surface area (Å²) in [5.41, 5.74) is -0.192. The standard InChI is InChI=1S/C30H31FN2O9.ClH/c1-39-22-11-10-20(34)25(26(22)31)27(35)16-6-8-17(9-7-16)30(38)42-21-5-4-12-32-15-19(21)33-29(37)18-13-23(40-2)28(36)24(14-18)41-3;/h6-11,13-14,19,21,32,34,36H,4-5,12,15H2,1-3H3,(H,33,37);1H/t19-,21-;/m1./s1. The molecule has 3 aromatic carbocycles. The Kier molecular flexibility index (Phi) is 11.2. The van der Waals surface area contributed by atoms with Gasteiger partial charge in [0.1, 0.15) is 17.4 Å². The van der Waals surface area contributed by atoms with E-state index in [4.69, 9.17) is 18.9 Å². The Morgan fingerprint density at radius 2 is 1.49 bits per heavy atom. The van der Waals surface area contributed by atoms with Gasteiger partial charge >= 0.3 is 5.97 Å². The van der Waals surface area contributed by atoms with E-state index in [1.807, 2.05) is 0 Å². The number of methoxy groups -OCH3 is 3. The van der Waals surface area contributed by atoms with Gasteiger partial charge in [-0.3, -0.25) is 9.59 Å². The highest BCUT2D eigenvalue weighted by molar-refractivity contribution is 6.11. The van der Waals surface area contributed by atoms with Crippen molar-refractivity contribution in [3.8, 4) is 28.7 Å². The van der Waals surface area contributed by atoms with Gasteiger partial charge in [-0.25, -0.2) is 9.18 Å². The van der Waals surface area contributed by atoms with E-state index in [9.17, 15) is 29.0 Å². The fourth-order valence-electron chi connectivity index (χ4n) is 4.61. The number of nitrogens with one attached hydrogen (secondary N) is 2. The van der Waals surface area contributed by atoms with Crippen molar-refractivity contribution < 1.29 is 47.9 Å². The van der Waals surface area contributed by atoms with E-state index < -0.39 is 46.9 Å². The Balaban J connectivity index is 0.00000506. The molecular weight excluding hydrogens is 587 g/mol. The van der Waals surface area contributed by atoms with Crippen LogP contribution < -0.4 is 24.8 Å². The summed E-state index contributed by atoms with van der Waals surface area (Å²) in [5.74, 6) is -3.80. The van der Waals surface area contributed by atoms with E-state index in [1.165, 1.54) is 63.8 Å². The van der Waals surface area contributed by atoms with Crippen molar-refractivity contribution in [2.24, 2.45) is 0 Å². The summed E-state index contributed by atoms with van der Waals surface area (Å²) in [4.78, 5) is 39.1. The van der Waals surface area contributed by atoms with Crippen LogP contribution in [-0.4, -0.2) is 74.4 Å². The first kappa shape index (κ1) is 33.0. The van der Waals surface area contributed by atoms with Crippen molar-refractivity contribution in [1.29, 1.82) is 0 Å². The number of phenolic OH excluding ortho intramolecular Hbond substituents is 2. The zero-order chi connectivity index (χ0) is 30.4. The predicted octanol–water partition coefficient (Wildman–Crippen LogP) is 3.62. The number of hydrogen-bond donors (Lipinski definition) is 4. The third-order valence-electron chi connectivity index (χ3n) is 6.89. The molecule has 1 aliphatic rings. The molecule has 1 amide bonds. The molecule has 0 saturated carbocycles. The zero-order valence-corrected chi connectivity index (χ0v) is 24.5. The number of amides is 1. The number of ketones is 1. The fraction of sp³-hybridized carbons (Fsp3) is 0.300. The van der Waals surface area contributed by atoms with E-state index in [-0.39, 0.29) is 52.1 Å². The first-order valence-corrected chi connectivity index (χ1v) is 13.1. The molecule has 0 spiro atoms. The van der Waals surface area contributed by atoms with Gasteiger partial charge in [0.15, 0.2) is 28.8 Å². The summed E-state index contributed by atoms with van der Waals surface area (Å²) in [7, 11) is 3.95. The van der Waals surface area contributed by atoms with Gasteiger partial charge in [-0.05, 0) is 55.8 Å². The second kappa shape index (κ2) is 14.6. The third-order valence-corrected chi connectivity index (χ3v) is 6.89. The zero-order valence-electron chi connectivity index (χ0n) is 23.6. The fourth-order valence-corrected chi connectivity index (χ4v) is 4.61. The van der Waals surface area contributed by atoms with Gasteiger partial charge in [-0.15, -0.1) is 12.4 Å². The van der Waals surface area contributed by atoms with Gasteiger partial charge in [-0.1, -0.05) is 12.1 Å². The second-order valence-electron chi connectivity index (χ2n) is 9.48. The number of carbonyl (C=O) groups is 3. The smallest absolute Gasteiger partial charge is 0.338 e. The van der Waals surface area contributed by atoms with Crippen molar-refractivity contribution in [3.05, 3.63) is 76.6 Å². The van der Waals surface area contributed by atoms with Crippen LogP contribution in [0.15, 0.2) is 48.5 Å². The maximum Gasteiger partial charge on any atom is 0.338 e.